The number of nitro groups is 1. The molecule has 0 saturated carbocycles. The largest absolute Gasteiger partial charge is 0.379 e. The van der Waals surface area contributed by atoms with Gasteiger partial charge in [0, 0.05) is 12.6 Å². The first-order chi connectivity index (χ1) is 8.19. The molecule has 3 N–H and O–H groups in total. The van der Waals surface area contributed by atoms with E-state index in [1.807, 2.05) is 6.07 Å². The Hall–Kier alpha value is -1.62. The molecule has 5 heteroatoms. The summed E-state index contributed by atoms with van der Waals surface area (Å²) in [6.45, 7) is 3.29. The molecule has 94 valence electrons. The third-order valence-corrected chi connectivity index (χ3v) is 2.49. The number of anilines is 1. The summed E-state index contributed by atoms with van der Waals surface area (Å²) < 4.78 is 0. The number of hydrogen-bond acceptors (Lipinski definition) is 4. The van der Waals surface area contributed by atoms with Crippen molar-refractivity contribution in [3.8, 4) is 0 Å². The van der Waals surface area contributed by atoms with Gasteiger partial charge in [0.2, 0.25) is 0 Å². The molecule has 5 nitrogen and oxygen atoms in total. The van der Waals surface area contributed by atoms with E-state index in [9.17, 15) is 10.1 Å². The molecule has 0 amide bonds. The number of nitrogens with one attached hydrogen (secondary N) is 1. The highest BCUT2D eigenvalue weighted by Gasteiger charge is 2.13. The number of nitrogens with two attached hydrogens (primary N) is 1. The maximum Gasteiger partial charge on any atom is 0.292 e. The van der Waals surface area contributed by atoms with Gasteiger partial charge in [-0.2, -0.15) is 0 Å². The van der Waals surface area contributed by atoms with Crippen LogP contribution in [-0.4, -0.2) is 18.0 Å². The number of aryl methyl sites for hydroxylation is 1. The molecule has 1 aromatic rings. The second-order valence-electron chi connectivity index (χ2n) is 3.93. The molecule has 0 heterocycles. The van der Waals surface area contributed by atoms with Gasteiger partial charge in [-0.25, -0.2) is 0 Å². The van der Waals surface area contributed by atoms with Crippen LogP contribution in [0.4, 0.5) is 11.4 Å². The zero-order valence-corrected chi connectivity index (χ0v) is 10.1. The van der Waals surface area contributed by atoms with Crippen molar-refractivity contribution in [1.82, 2.24) is 0 Å². The second-order valence-corrected chi connectivity index (χ2v) is 3.93. The van der Waals surface area contributed by atoms with Crippen molar-refractivity contribution in [1.29, 1.82) is 0 Å². The maximum absolute atomic E-state index is 11.0. The smallest absolute Gasteiger partial charge is 0.292 e. The van der Waals surface area contributed by atoms with Crippen LogP contribution < -0.4 is 11.1 Å². The molecule has 0 atom stereocenters. The average Bonchev–Trinajstić information content (AvgIpc) is 2.31. The Kier molecular flexibility index (Phi) is 5.42. The van der Waals surface area contributed by atoms with Gasteiger partial charge in [0.1, 0.15) is 5.69 Å². The van der Waals surface area contributed by atoms with Gasteiger partial charge in [0.25, 0.3) is 5.69 Å². The van der Waals surface area contributed by atoms with Crippen molar-refractivity contribution in [2.75, 3.05) is 18.4 Å². The molecular formula is C12H19N3O2. The second kappa shape index (κ2) is 6.85. The molecule has 0 aromatic heterocycles. The molecule has 0 aliphatic carbocycles. The van der Waals surface area contributed by atoms with Gasteiger partial charge in [-0.3, -0.25) is 10.1 Å². The highest BCUT2D eigenvalue weighted by molar-refractivity contribution is 5.62. The van der Waals surface area contributed by atoms with Gasteiger partial charge in [-0.05, 0) is 31.0 Å². The summed E-state index contributed by atoms with van der Waals surface area (Å²) in [5.74, 6) is 0. The molecule has 17 heavy (non-hydrogen) atoms. The van der Waals surface area contributed by atoms with Crippen LogP contribution in [0.5, 0.6) is 0 Å². The molecule has 0 radical (unpaired) electrons. The van der Waals surface area contributed by atoms with Gasteiger partial charge in [0.05, 0.1) is 4.92 Å². The Balaban J connectivity index is 2.84. The van der Waals surface area contributed by atoms with Crippen LogP contribution in [0, 0.1) is 10.1 Å². The SMILES string of the molecule is CCCc1ccc(NCCCN)c([N+](=O)[O-])c1. The van der Waals surface area contributed by atoms with Gasteiger partial charge in [0.15, 0.2) is 0 Å². The number of hydrogen-bond donors (Lipinski definition) is 2. The fourth-order valence-corrected chi connectivity index (χ4v) is 1.65. The van der Waals surface area contributed by atoms with E-state index < -0.39 is 0 Å². The van der Waals surface area contributed by atoms with E-state index in [0.29, 0.717) is 18.8 Å². The molecular weight excluding hydrogens is 218 g/mol. The maximum atomic E-state index is 11.0. The summed E-state index contributed by atoms with van der Waals surface area (Å²) in [5, 5.41) is 14.0. The number of nitrogens with zero attached hydrogens (tertiary/aromatic N) is 1. The molecule has 0 saturated heterocycles. The predicted molar refractivity (Wildman–Crippen MR) is 69.3 cm³/mol. The fraction of sp³-hybridized carbons (Fsp3) is 0.500. The minimum Gasteiger partial charge on any atom is -0.379 e. The molecule has 0 spiro atoms. The lowest BCUT2D eigenvalue weighted by Gasteiger charge is -2.07. The van der Waals surface area contributed by atoms with Crippen molar-refractivity contribution < 1.29 is 4.92 Å². The Morgan fingerprint density at radius 1 is 1.47 bits per heavy atom. The van der Waals surface area contributed by atoms with Crippen LogP contribution in [0.25, 0.3) is 0 Å². The minimum absolute atomic E-state index is 0.146. The summed E-state index contributed by atoms with van der Waals surface area (Å²) in [4.78, 5) is 10.6. The third kappa shape index (κ3) is 4.03. The Bertz CT molecular complexity index is 380. The number of nitro benzene ring substituents is 1. The molecule has 0 unspecified atom stereocenters. The summed E-state index contributed by atoms with van der Waals surface area (Å²) in [6.07, 6.45) is 2.65. The van der Waals surface area contributed by atoms with Gasteiger partial charge < -0.3 is 11.1 Å². The van der Waals surface area contributed by atoms with Crippen LogP contribution in [0.3, 0.4) is 0 Å². The molecule has 1 rings (SSSR count). The summed E-state index contributed by atoms with van der Waals surface area (Å²) in [5.41, 5.74) is 7.10. The van der Waals surface area contributed by atoms with Crippen LogP contribution in [-0.2, 0) is 6.42 Å². The van der Waals surface area contributed by atoms with Gasteiger partial charge >= 0.3 is 0 Å². The highest BCUT2D eigenvalue weighted by Crippen LogP contribution is 2.26. The van der Waals surface area contributed by atoms with Crippen molar-refractivity contribution >= 4 is 11.4 Å². The fourth-order valence-electron chi connectivity index (χ4n) is 1.65. The third-order valence-electron chi connectivity index (χ3n) is 2.49. The van der Waals surface area contributed by atoms with Crippen molar-refractivity contribution in [2.24, 2.45) is 5.73 Å². The zero-order chi connectivity index (χ0) is 12.7. The summed E-state index contributed by atoms with van der Waals surface area (Å²) in [7, 11) is 0. The average molecular weight is 237 g/mol. The molecule has 0 bridgehead atoms. The predicted octanol–water partition coefficient (Wildman–Crippen LogP) is 2.31. The first kappa shape index (κ1) is 13.4. The van der Waals surface area contributed by atoms with E-state index in [4.69, 9.17) is 5.73 Å². The lowest BCUT2D eigenvalue weighted by molar-refractivity contribution is -0.384. The molecule has 0 fully saturated rings. The minimum atomic E-state index is -0.343. The van der Waals surface area contributed by atoms with Gasteiger partial charge in [-0.1, -0.05) is 19.4 Å². The van der Waals surface area contributed by atoms with E-state index in [2.05, 4.69) is 12.2 Å². The Morgan fingerprint density at radius 3 is 2.82 bits per heavy atom. The number of rotatable bonds is 7. The monoisotopic (exact) mass is 237 g/mol. The Labute approximate surface area is 101 Å². The number of benzene rings is 1. The first-order valence-corrected chi connectivity index (χ1v) is 5.90. The lowest BCUT2D eigenvalue weighted by atomic mass is 10.1. The van der Waals surface area contributed by atoms with E-state index in [0.717, 1.165) is 24.8 Å². The summed E-state index contributed by atoms with van der Waals surface area (Å²) >= 11 is 0. The van der Waals surface area contributed by atoms with Gasteiger partial charge in [-0.15, -0.1) is 0 Å². The zero-order valence-electron chi connectivity index (χ0n) is 10.1. The topological polar surface area (TPSA) is 81.2 Å². The quantitative estimate of drug-likeness (QED) is 0.433. The standard InChI is InChI=1S/C12H19N3O2/c1-2-4-10-5-6-11(14-8-3-7-13)12(9-10)15(16)17/h5-6,9,14H,2-4,7-8,13H2,1H3. The summed E-state index contributed by atoms with van der Waals surface area (Å²) in [6, 6.07) is 5.36. The van der Waals surface area contributed by atoms with Crippen LogP contribution in [0.15, 0.2) is 18.2 Å². The van der Waals surface area contributed by atoms with E-state index in [1.54, 1.807) is 12.1 Å². The van der Waals surface area contributed by atoms with Crippen LogP contribution >= 0.6 is 0 Å². The normalized spacial score (nSPS) is 10.2. The van der Waals surface area contributed by atoms with Crippen molar-refractivity contribution in [3.63, 3.8) is 0 Å². The van der Waals surface area contributed by atoms with Crippen molar-refractivity contribution in [3.05, 3.63) is 33.9 Å². The van der Waals surface area contributed by atoms with Crippen LogP contribution in [0.1, 0.15) is 25.3 Å². The highest BCUT2D eigenvalue weighted by atomic mass is 16.6. The first-order valence-electron chi connectivity index (χ1n) is 5.90. The van der Waals surface area contributed by atoms with E-state index in [-0.39, 0.29) is 10.6 Å². The van der Waals surface area contributed by atoms with Crippen molar-refractivity contribution in [2.45, 2.75) is 26.2 Å². The molecule has 0 aliphatic rings. The van der Waals surface area contributed by atoms with Crippen LogP contribution in [0.2, 0.25) is 0 Å². The Morgan fingerprint density at radius 2 is 2.24 bits per heavy atom. The lowest BCUT2D eigenvalue weighted by Crippen LogP contribution is -2.09. The molecule has 0 aliphatic heterocycles. The molecule has 1 aromatic carbocycles. The van der Waals surface area contributed by atoms with E-state index >= 15 is 0 Å². The van der Waals surface area contributed by atoms with E-state index in [1.165, 1.54) is 0 Å².